The molecule has 4 aromatic heterocycles. The highest BCUT2D eigenvalue weighted by Crippen LogP contribution is 2.58. The van der Waals surface area contributed by atoms with Crippen LogP contribution in [0.3, 0.4) is 0 Å². The molecule has 2 aliphatic rings. The van der Waals surface area contributed by atoms with Crippen molar-refractivity contribution in [3.05, 3.63) is 142 Å². The number of anilines is 8. The van der Waals surface area contributed by atoms with Gasteiger partial charge in [0.1, 0.15) is 0 Å². The summed E-state index contributed by atoms with van der Waals surface area (Å²) < 4.78 is 0. The van der Waals surface area contributed by atoms with Gasteiger partial charge in [-0.1, -0.05) is 178 Å². The minimum atomic E-state index is -0.419. The molecule has 6 aromatic rings. The van der Waals surface area contributed by atoms with Gasteiger partial charge in [-0.2, -0.15) is 0 Å². The molecule has 76 heavy (non-hydrogen) atoms. The molecule has 2 atom stereocenters. The van der Waals surface area contributed by atoms with Crippen molar-refractivity contribution in [3.8, 4) is 0 Å². The molecule has 0 bridgehead atoms. The number of benzene rings is 2. The van der Waals surface area contributed by atoms with E-state index in [2.05, 4.69) is 285 Å². The summed E-state index contributed by atoms with van der Waals surface area (Å²) in [5.74, 6) is 0. The Morgan fingerprint density at radius 1 is 0.289 bits per heavy atom. The second-order valence-corrected chi connectivity index (χ2v) is 30.7. The van der Waals surface area contributed by atoms with Crippen LogP contribution in [0.15, 0.2) is 85.1 Å². The molecule has 0 N–H and O–H groups in total. The Hall–Kier alpha value is -5.76. The molecule has 8 heteroatoms. The summed E-state index contributed by atoms with van der Waals surface area (Å²) >= 11 is 0. The molecule has 0 saturated heterocycles. The van der Waals surface area contributed by atoms with E-state index in [4.69, 9.17) is 19.9 Å². The SMILES string of the molecule is Cc1ccc2c(c1)N(c1cc(C(C)(C)C)nc(C(C)(C)C)c1)C(C1N(c3cc(C(C)(C)C)nc(C(C)(C)C)c3)c3cc(C)ccc3N1c1cc(C(C)(C)C)ncc1C(C)(C)C)N2c1cc(C(C)(C)C)nc(C(C)(C)C)c1. The largest absolute Gasteiger partial charge is 0.314 e. The minimum Gasteiger partial charge on any atom is -0.314 e. The highest BCUT2D eigenvalue weighted by atomic mass is 15.5. The van der Waals surface area contributed by atoms with Gasteiger partial charge in [0, 0.05) is 101 Å². The lowest BCUT2D eigenvalue weighted by atomic mass is 9.84. The average molecular weight is 1020 g/mol. The number of hydrogen-bond donors (Lipinski definition) is 0. The fourth-order valence-electron chi connectivity index (χ4n) is 10.4. The highest BCUT2D eigenvalue weighted by Gasteiger charge is 2.53. The number of fused-ring (bicyclic) bond motifs is 2. The van der Waals surface area contributed by atoms with Crippen LogP contribution in [-0.2, 0) is 43.3 Å². The first-order valence-electron chi connectivity index (χ1n) is 28.0. The zero-order valence-corrected chi connectivity index (χ0v) is 51.8. The van der Waals surface area contributed by atoms with Crippen LogP contribution < -0.4 is 19.6 Å². The molecule has 8 rings (SSSR count). The van der Waals surface area contributed by atoms with Crippen LogP contribution in [0.5, 0.6) is 0 Å². The predicted octanol–water partition coefficient (Wildman–Crippen LogP) is 18.2. The Bertz CT molecular complexity index is 3080. The predicted molar refractivity (Wildman–Crippen MR) is 325 cm³/mol. The molecular formula is C68H94N8. The van der Waals surface area contributed by atoms with Gasteiger partial charge in [0.15, 0.2) is 12.3 Å². The maximum atomic E-state index is 5.52. The van der Waals surface area contributed by atoms with Crippen LogP contribution in [0.4, 0.5) is 45.5 Å². The van der Waals surface area contributed by atoms with Crippen LogP contribution in [0.25, 0.3) is 0 Å². The zero-order valence-electron chi connectivity index (χ0n) is 51.8. The van der Waals surface area contributed by atoms with Crippen LogP contribution >= 0.6 is 0 Å². The van der Waals surface area contributed by atoms with Gasteiger partial charge in [0.05, 0.1) is 28.4 Å². The van der Waals surface area contributed by atoms with E-state index in [1.54, 1.807) is 0 Å². The third-order valence-electron chi connectivity index (χ3n) is 15.2. The molecule has 2 unspecified atom stereocenters. The van der Waals surface area contributed by atoms with Gasteiger partial charge in [-0.15, -0.1) is 0 Å². The van der Waals surface area contributed by atoms with Crippen LogP contribution in [0.1, 0.15) is 223 Å². The van der Waals surface area contributed by atoms with Crippen molar-refractivity contribution in [2.45, 2.75) is 236 Å². The Morgan fingerprint density at radius 3 is 0.855 bits per heavy atom. The first kappa shape index (κ1) is 56.4. The van der Waals surface area contributed by atoms with E-state index in [0.717, 1.165) is 85.4 Å². The van der Waals surface area contributed by atoms with Crippen molar-refractivity contribution < 1.29 is 0 Å². The second kappa shape index (κ2) is 18.4. The standard InChI is InChI=1S/C68H94N8/c1-41-27-29-47-50(31-41)74(44-35-55(65(15,16)17)71-56(36-44)66(18,19)20)59(73(47)43-33-53(63(9,10)11)70-54(34-43)64(12,13)14)60-75(45-37-57(67(21,22)23)72-58(38-45)68(24,25)26)51-32-42(2)28-30-48(51)76(60)49-39-52(62(6,7)8)69-40-46(49)61(3,4)5/h27-40,59-60H,1-26H3. The molecule has 0 aliphatic carbocycles. The first-order chi connectivity index (χ1) is 34.5. The molecular weight excluding hydrogens is 929 g/mol. The molecule has 0 fully saturated rings. The van der Waals surface area contributed by atoms with Gasteiger partial charge in [-0.05, 0) is 103 Å². The fourth-order valence-corrected chi connectivity index (χ4v) is 10.4. The Balaban J connectivity index is 1.65. The smallest absolute Gasteiger partial charge is 0.151 e. The lowest BCUT2D eigenvalue weighted by Gasteiger charge is -2.46. The summed E-state index contributed by atoms with van der Waals surface area (Å²) in [6.07, 6.45) is 1.34. The van der Waals surface area contributed by atoms with Crippen LogP contribution in [-0.4, -0.2) is 32.3 Å². The molecule has 2 aliphatic heterocycles. The third kappa shape index (κ3) is 10.8. The fraction of sp³-hybridized carbons (Fsp3) is 0.529. The van der Waals surface area contributed by atoms with E-state index >= 15 is 0 Å². The molecule has 8 nitrogen and oxygen atoms in total. The van der Waals surface area contributed by atoms with E-state index in [0.29, 0.717) is 0 Å². The summed E-state index contributed by atoms with van der Waals surface area (Å²) in [6, 6.07) is 30.9. The molecule has 0 amide bonds. The summed E-state index contributed by atoms with van der Waals surface area (Å²) in [5.41, 5.74) is 18.2. The normalized spacial score (nSPS) is 17.0. The Morgan fingerprint density at radius 2 is 0.566 bits per heavy atom. The van der Waals surface area contributed by atoms with E-state index in [1.165, 1.54) is 16.7 Å². The number of aryl methyl sites for hydroxylation is 2. The minimum absolute atomic E-state index is 0.225. The van der Waals surface area contributed by atoms with E-state index in [9.17, 15) is 0 Å². The summed E-state index contributed by atoms with van der Waals surface area (Å²) in [6.45, 7) is 59.6. The van der Waals surface area contributed by atoms with Crippen molar-refractivity contribution in [1.82, 2.24) is 19.9 Å². The van der Waals surface area contributed by atoms with Crippen molar-refractivity contribution >= 4 is 45.5 Å². The maximum Gasteiger partial charge on any atom is 0.151 e. The van der Waals surface area contributed by atoms with E-state index in [-0.39, 0.29) is 43.3 Å². The topological polar surface area (TPSA) is 64.5 Å². The van der Waals surface area contributed by atoms with Crippen molar-refractivity contribution in [1.29, 1.82) is 0 Å². The maximum absolute atomic E-state index is 5.52. The first-order valence-corrected chi connectivity index (χ1v) is 28.0. The Kier molecular flexibility index (Phi) is 13.7. The lowest BCUT2D eigenvalue weighted by Crippen LogP contribution is -2.58. The number of pyridine rings is 4. The van der Waals surface area contributed by atoms with E-state index < -0.39 is 12.3 Å². The lowest BCUT2D eigenvalue weighted by molar-refractivity contribution is 0.515. The van der Waals surface area contributed by atoms with Gasteiger partial charge in [-0.3, -0.25) is 19.9 Å². The van der Waals surface area contributed by atoms with E-state index in [1.807, 2.05) is 0 Å². The number of rotatable bonds is 5. The van der Waals surface area contributed by atoms with Gasteiger partial charge < -0.3 is 19.6 Å². The Labute approximate surface area is 460 Å². The average Bonchev–Trinajstić information content (AvgIpc) is 3.78. The number of nitrogens with zero attached hydrogens (tertiary/aromatic N) is 8. The monoisotopic (exact) mass is 1020 g/mol. The molecule has 406 valence electrons. The van der Waals surface area contributed by atoms with Crippen molar-refractivity contribution in [3.63, 3.8) is 0 Å². The molecule has 0 saturated carbocycles. The van der Waals surface area contributed by atoms with Gasteiger partial charge in [-0.25, -0.2) is 0 Å². The van der Waals surface area contributed by atoms with Gasteiger partial charge in [0.2, 0.25) is 0 Å². The van der Waals surface area contributed by atoms with Crippen LogP contribution in [0, 0.1) is 13.8 Å². The molecule has 6 heterocycles. The summed E-state index contributed by atoms with van der Waals surface area (Å²) in [4.78, 5) is 32.6. The van der Waals surface area contributed by atoms with Gasteiger partial charge >= 0.3 is 0 Å². The molecule has 2 aromatic carbocycles. The summed E-state index contributed by atoms with van der Waals surface area (Å²) in [7, 11) is 0. The van der Waals surface area contributed by atoms with Crippen LogP contribution in [0.2, 0.25) is 0 Å². The van der Waals surface area contributed by atoms with Gasteiger partial charge in [0.25, 0.3) is 0 Å². The van der Waals surface area contributed by atoms with Crippen molar-refractivity contribution in [2.75, 3.05) is 19.6 Å². The second-order valence-electron chi connectivity index (χ2n) is 30.7. The molecule has 0 radical (unpaired) electrons. The third-order valence-corrected chi connectivity index (χ3v) is 15.2. The highest BCUT2D eigenvalue weighted by molar-refractivity contribution is 5.95. The molecule has 0 spiro atoms. The number of aromatic nitrogens is 4. The van der Waals surface area contributed by atoms with Crippen molar-refractivity contribution in [2.24, 2.45) is 0 Å². The number of hydrogen-bond acceptors (Lipinski definition) is 8. The quantitative estimate of drug-likeness (QED) is 0.169. The zero-order chi connectivity index (χ0) is 56.6. The summed E-state index contributed by atoms with van der Waals surface area (Å²) in [5, 5.41) is 0.